The fraction of sp³-hybridized carbons (Fsp3) is 0.368. The van der Waals surface area contributed by atoms with Gasteiger partial charge in [0, 0.05) is 6.42 Å². The molecule has 2 heterocycles. The minimum Gasteiger partial charge on any atom is -0.457 e. The highest BCUT2D eigenvalue weighted by atomic mass is 32.1. The van der Waals surface area contributed by atoms with Gasteiger partial charge in [-0.1, -0.05) is 38.8 Å². The maximum absolute atomic E-state index is 11.9. The topological polar surface area (TPSA) is 55.1 Å². The number of hydrogen-bond donors (Lipinski definition) is 1. The van der Waals surface area contributed by atoms with Crippen molar-refractivity contribution in [3.8, 4) is 10.8 Å². The lowest BCUT2D eigenvalue weighted by Gasteiger charge is -2.09. The van der Waals surface area contributed by atoms with Crippen LogP contribution in [0.1, 0.15) is 38.9 Å². The molecule has 0 aliphatic carbocycles. The van der Waals surface area contributed by atoms with E-state index in [2.05, 4.69) is 30.2 Å². The molecule has 0 aliphatic rings. The van der Waals surface area contributed by atoms with Gasteiger partial charge in [-0.25, -0.2) is 4.98 Å². The lowest BCUT2D eigenvalue weighted by molar-refractivity contribution is -0.122. The van der Waals surface area contributed by atoms with Crippen molar-refractivity contribution in [1.29, 1.82) is 0 Å². The Kier molecular flexibility index (Phi) is 5.30. The van der Waals surface area contributed by atoms with Crippen molar-refractivity contribution in [2.24, 2.45) is 5.92 Å². The first-order chi connectivity index (χ1) is 11.7. The van der Waals surface area contributed by atoms with Crippen LogP contribution in [-0.4, -0.2) is 10.9 Å². The molecule has 126 valence electrons. The molecule has 5 heteroatoms. The van der Waals surface area contributed by atoms with Crippen LogP contribution in [0.25, 0.3) is 21.0 Å². The van der Waals surface area contributed by atoms with E-state index in [9.17, 15) is 4.79 Å². The number of nitrogens with one attached hydrogen (secondary N) is 1. The van der Waals surface area contributed by atoms with Crippen molar-refractivity contribution in [3.63, 3.8) is 0 Å². The Morgan fingerprint density at radius 1 is 1.29 bits per heavy atom. The van der Waals surface area contributed by atoms with Crippen LogP contribution in [-0.2, 0) is 11.3 Å². The summed E-state index contributed by atoms with van der Waals surface area (Å²) < 4.78 is 6.98. The average molecular weight is 342 g/mol. The number of furan rings is 1. The number of nitrogens with zero attached hydrogens (tertiary/aromatic N) is 1. The van der Waals surface area contributed by atoms with E-state index in [0.717, 1.165) is 39.6 Å². The Bertz CT molecular complexity index is 789. The maximum Gasteiger partial charge on any atom is 0.220 e. The number of amides is 1. The van der Waals surface area contributed by atoms with E-state index in [1.165, 1.54) is 0 Å². The van der Waals surface area contributed by atoms with Crippen LogP contribution in [0.5, 0.6) is 0 Å². The van der Waals surface area contributed by atoms with E-state index < -0.39 is 0 Å². The predicted molar refractivity (Wildman–Crippen MR) is 97.9 cm³/mol. The first kappa shape index (κ1) is 16.7. The van der Waals surface area contributed by atoms with Crippen LogP contribution >= 0.6 is 11.3 Å². The fourth-order valence-electron chi connectivity index (χ4n) is 2.73. The number of aromatic nitrogens is 1. The molecule has 0 saturated carbocycles. The second kappa shape index (κ2) is 7.62. The average Bonchev–Trinajstić information content (AvgIpc) is 3.19. The largest absolute Gasteiger partial charge is 0.457 e. The van der Waals surface area contributed by atoms with Crippen molar-refractivity contribution < 1.29 is 9.21 Å². The molecule has 24 heavy (non-hydrogen) atoms. The minimum atomic E-state index is 0.0777. The van der Waals surface area contributed by atoms with Gasteiger partial charge in [-0.3, -0.25) is 4.79 Å². The molecular formula is C19H22N2O2S. The molecule has 0 aliphatic heterocycles. The third-order valence-electron chi connectivity index (χ3n) is 3.94. The van der Waals surface area contributed by atoms with Gasteiger partial charge in [-0.2, -0.15) is 0 Å². The van der Waals surface area contributed by atoms with Crippen molar-refractivity contribution >= 4 is 27.5 Å². The molecule has 0 spiro atoms. The van der Waals surface area contributed by atoms with Crippen LogP contribution < -0.4 is 5.32 Å². The van der Waals surface area contributed by atoms with Gasteiger partial charge in [0.25, 0.3) is 0 Å². The van der Waals surface area contributed by atoms with Gasteiger partial charge in [0.05, 0.1) is 16.8 Å². The Labute approximate surface area is 145 Å². The van der Waals surface area contributed by atoms with Gasteiger partial charge in [-0.05, 0) is 30.2 Å². The van der Waals surface area contributed by atoms with Gasteiger partial charge in [0.15, 0.2) is 10.8 Å². The fourth-order valence-corrected chi connectivity index (χ4v) is 3.66. The second-order valence-corrected chi connectivity index (χ2v) is 7.16. The molecule has 1 aromatic carbocycles. The summed E-state index contributed by atoms with van der Waals surface area (Å²) in [6.07, 6.45) is 2.76. The molecule has 3 aromatic rings. The molecule has 1 N–H and O–H groups in total. The number of carbonyl (C=O) groups excluding carboxylic acids is 1. The third kappa shape index (κ3) is 4.03. The summed E-state index contributed by atoms with van der Waals surface area (Å²) in [5, 5.41) is 3.80. The molecule has 0 bridgehead atoms. The smallest absolute Gasteiger partial charge is 0.220 e. The van der Waals surface area contributed by atoms with E-state index in [0.29, 0.717) is 18.9 Å². The predicted octanol–water partition coefficient (Wildman–Crippen LogP) is 5.00. The quantitative estimate of drug-likeness (QED) is 0.657. The third-order valence-corrected chi connectivity index (χ3v) is 4.99. The summed E-state index contributed by atoms with van der Waals surface area (Å²) in [5.74, 6) is 2.00. The molecular weight excluding hydrogens is 320 g/mol. The number of rotatable bonds is 7. The molecule has 0 fully saturated rings. The van der Waals surface area contributed by atoms with Gasteiger partial charge in [0.1, 0.15) is 5.76 Å². The summed E-state index contributed by atoms with van der Waals surface area (Å²) in [6.45, 7) is 4.67. The molecule has 2 aromatic heterocycles. The van der Waals surface area contributed by atoms with Crippen LogP contribution in [0, 0.1) is 5.92 Å². The number of benzene rings is 1. The second-order valence-electron chi connectivity index (χ2n) is 6.13. The van der Waals surface area contributed by atoms with Crippen molar-refractivity contribution in [3.05, 3.63) is 42.2 Å². The lowest BCUT2D eigenvalue weighted by atomic mass is 10.0. The maximum atomic E-state index is 11.9. The van der Waals surface area contributed by atoms with Gasteiger partial charge < -0.3 is 9.73 Å². The van der Waals surface area contributed by atoms with E-state index in [1.807, 2.05) is 30.3 Å². The normalized spacial score (nSPS) is 12.4. The molecule has 0 saturated heterocycles. The number of thiazole rings is 1. The summed E-state index contributed by atoms with van der Waals surface area (Å²) in [4.78, 5) is 16.5. The number of fused-ring (bicyclic) bond motifs is 1. The Morgan fingerprint density at radius 2 is 2.12 bits per heavy atom. The lowest BCUT2D eigenvalue weighted by Crippen LogP contribution is -2.24. The van der Waals surface area contributed by atoms with E-state index in [-0.39, 0.29) is 5.91 Å². The zero-order valence-corrected chi connectivity index (χ0v) is 14.9. The SMILES string of the molecule is CCCC(C)CC(=O)NCc1ccc(-c2nc3ccccc3s2)o1. The van der Waals surface area contributed by atoms with E-state index in [1.54, 1.807) is 11.3 Å². The monoisotopic (exact) mass is 342 g/mol. The van der Waals surface area contributed by atoms with Gasteiger partial charge in [-0.15, -0.1) is 11.3 Å². The molecule has 4 nitrogen and oxygen atoms in total. The number of carbonyl (C=O) groups is 1. The standard InChI is InChI=1S/C19H22N2O2S/c1-3-6-13(2)11-18(22)20-12-14-9-10-16(23-14)19-21-15-7-4-5-8-17(15)24-19/h4-5,7-10,13H,3,6,11-12H2,1-2H3,(H,20,22). The highest BCUT2D eigenvalue weighted by molar-refractivity contribution is 7.21. The van der Waals surface area contributed by atoms with Crippen molar-refractivity contribution in [1.82, 2.24) is 10.3 Å². The summed E-state index contributed by atoms with van der Waals surface area (Å²) in [7, 11) is 0. The summed E-state index contributed by atoms with van der Waals surface area (Å²) >= 11 is 1.61. The van der Waals surface area contributed by atoms with Crippen LogP contribution in [0.2, 0.25) is 0 Å². The van der Waals surface area contributed by atoms with Crippen molar-refractivity contribution in [2.45, 2.75) is 39.7 Å². The van der Waals surface area contributed by atoms with Crippen LogP contribution in [0.4, 0.5) is 0 Å². The zero-order valence-electron chi connectivity index (χ0n) is 14.0. The minimum absolute atomic E-state index is 0.0777. The van der Waals surface area contributed by atoms with Crippen LogP contribution in [0.3, 0.4) is 0 Å². The highest BCUT2D eigenvalue weighted by Gasteiger charge is 2.12. The number of para-hydroxylation sites is 1. The van der Waals surface area contributed by atoms with E-state index in [4.69, 9.17) is 4.42 Å². The Balaban J connectivity index is 1.60. The van der Waals surface area contributed by atoms with Gasteiger partial charge in [0.2, 0.25) is 5.91 Å². The van der Waals surface area contributed by atoms with Crippen molar-refractivity contribution in [2.75, 3.05) is 0 Å². The molecule has 1 unspecified atom stereocenters. The summed E-state index contributed by atoms with van der Waals surface area (Å²) in [5.41, 5.74) is 0.980. The van der Waals surface area contributed by atoms with Crippen LogP contribution in [0.15, 0.2) is 40.8 Å². The Hall–Kier alpha value is -2.14. The summed E-state index contributed by atoms with van der Waals surface area (Å²) in [6, 6.07) is 11.9. The molecule has 1 atom stereocenters. The molecule has 0 radical (unpaired) electrons. The van der Waals surface area contributed by atoms with E-state index >= 15 is 0 Å². The first-order valence-electron chi connectivity index (χ1n) is 8.37. The first-order valence-corrected chi connectivity index (χ1v) is 9.18. The molecule has 1 amide bonds. The highest BCUT2D eigenvalue weighted by Crippen LogP contribution is 2.31. The molecule has 3 rings (SSSR count). The van der Waals surface area contributed by atoms with Gasteiger partial charge >= 0.3 is 0 Å². The Morgan fingerprint density at radius 3 is 2.92 bits per heavy atom. The number of hydrogen-bond acceptors (Lipinski definition) is 4. The zero-order chi connectivity index (χ0) is 16.9.